The maximum atomic E-state index is 10.5. The van der Waals surface area contributed by atoms with Gasteiger partial charge in [0.1, 0.15) is 9.84 Å². The number of sulfone groups is 1. The summed E-state index contributed by atoms with van der Waals surface area (Å²) in [5.74, 6) is 0.672. The molecule has 1 atom stereocenters. The van der Waals surface area contributed by atoms with Crippen molar-refractivity contribution >= 4 is 21.4 Å². The highest BCUT2D eigenvalue weighted by atomic mass is 35.5. The van der Waals surface area contributed by atoms with Crippen LogP contribution in [0, 0.1) is 5.92 Å². The Balaban J connectivity index is 3.75. The first-order valence-corrected chi connectivity index (χ1v) is 5.29. The van der Waals surface area contributed by atoms with Crippen LogP contribution < -0.4 is 0 Å². The zero-order valence-corrected chi connectivity index (χ0v) is 7.17. The van der Waals surface area contributed by atoms with Crippen LogP contribution in [0.15, 0.2) is 0 Å². The Morgan fingerprint density at radius 3 is 2.11 bits per heavy atom. The minimum atomic E-state index is -2.82. The van der Waals surface area contributed by atoms with Gasteiger partial charge in [0, 0.05) is 12.1 Å². The Morgan fingerprint density at radius 1 is 1.56 bits per heavy atom. The molecule has 0 aliphatic carbocycles. The predicted molar refractivity (Wildman–Crippen MR) is 39.6 cm³/mol. The Labute approximate surface area is 61.1 Å². The van der Waals surface area contributed by atoms with Crippen LogP contribution in [-0.2, 0) is 9.84 Å². The average Bonchev–Trinajstić information content (AvgIpc) is 1.62. The molecule has 0 bridgehead atoms. The molecule has 0 radical (unpaired) electrons. The standard InChI is InChI=1S/C5H11ClO2S/c1-5(3-6)4-9(2,7)8/h5H,3-4H2,1-2H3/t5-/m1/s1. The molecule has 0 aliphatic heterocycles. The van der Waals surface area contributed by atoms with E-state index in [0.717, 1.165) is 0 Å². The number of alkyl halides is 1. The van der Waals surface area contributed by atoms with Crippen LogP contribution in [0.3, 0.4) is 0 Å². The molecular weight excluding hydrogens is 160 g/mol. The first-order chi connectivity index (χ1) is 3.95. The van der Waals surface area contributed by atoms with Gasteiger partial charge in [0.25, 0.3) is 0 Å². The van der Waals surface area contributed by atoms with Gasteiger partial charge in [-0.2, -0.15) is 0 Å². The van der Waals surface area contributed by atoms with Crippen molar-refractivity contribution in [2.24, 2.45) is 5.92 Å². The van der Waals surface area contributed by atoms with Crippen LogP contribution in [0.5, 0.6) is 0 Å². The lowest BCUT2D eigenvalue weighted by Gasteiger charge is -2.02. The molecule has 0 aromatic carbocycles. The zero-order chi connectivity index (χ0) is 7.49. The molecule has 0 amide bonds. The molecule has 0 aromatic heterocycles. The maximum Gasteiger partial charge on any atom is 0.147 e. The molecule has 9 heavy (non-hydrogen) atoms. The molecule has 0 heterocycles. The van der Waals surface area contributed by atoms with E-state index in [1.807, 2.05) is 6.92 Å². The van der Waals surface area contributed by atoms with E-state index in [9.17, 15) is 8.42 Å². The SMILES string of the molecule is C[C@H](CCl)CS(C)(=O)=O. The fourth-order valence-corrected chi connectivity index (χ4v) is 1.95. The average molecular weight is 171 g/mol. The van der Waals surface area contributed by atoms with E-state index in [4.69, 9.17) is 11.6 Å². The summed E-state index contributed by atoms with van der Waals surface area (Å²) in [6.45, 7) is 1.81. The summed E-state index contributed by atoms with van der Waals surface area (Å²) in [6.07, 6.45) is 1.22. The molecule has 0 rings (SSSR count). The third-order valence-corrected chi connectivity index (χ3v) is 2.55. The molecule has 4 heteroatoms. The van der Waals surface area contributed by atoms with Gasteiger partial charge in [-0.3, -0.25) is 0 Å². The zero-order valence-electron chi connectivity index (χ0n) is 5.59. The summed E-state index contributed by atoms with van der Waals surface area (Å²) in [6, 6.07) is 0. The maximum absolute atomic E-state index is 10.5. The lowest BCUT2D eigenvalue weighted by Crippen LogP contribution is -2.12. The van der Waals surface area contributed by atoms with E-state index < -0.39 is 9.84 Å². The fourth-order valence-electron chi connectivity index (χ4n) is 0.561. The summed E-state index contributed by atoms with van der Waals surface area (Å²) in [7, 11) is -2.82. The smallest absolute Gasteiger partial charge is 0.147 e. The Bertz CT molecular complexity index is 162. The van der Waals surface area contributed by atoms with Crippen molar-refractivity contribution in [2.45, 2.75) is 6.92 Å². The van der Waals surface area contributed by atoms with Crippen molar-refractivity contribution in [3.8, 4) is 0 Å². The van der Waals surface area contributed by atoms with Crippen LogP contribution in [-0.4, -0.2) is 26.3 Å². The van der Waals surface area contributed by atoms with E-state index >= 15 is 0 Å². The van der Waals surface area contributed by atoms with Crippen LogP contribution in [0.1, 0.15) is 6.92 Å². The van der Waals surface area contributed by atoms with E-state index in [1.54, 1.807) is 0 Å². The van der Waals surface area contributed by atoms with E-state index in [2.05, 4.69) is 0 Å². The van der Waals surface area contributed by atoms with E-state index in [-0.39, 0.29) is 11.7 Å². The molecule has 0 aliphatic rings. The number of hydrogen-bond donors (Lipinski definition) is 0. The van der Waals surface area contributed by atoms with Gasteiger partial charge in [-0.05, 0) is 5.92 Å². The highest BCUT2D eigenvalue weighted by Gasteiger charge is 2.07. The fraction of sp³-hybridized carbons (Fsp3) is 1.00. The molecule has 0 fully saturated rings. The number of rotatable bonds is 3. The summed E-state index contributed by atoms with van der Waals surface area (Å²) in [5.41, 5.74) is 0. The molecule has 0 unspecified atom stereocenters. The van der Waals surface area contributed by atoms with Gasteiger partial charge < -0.3 is 0 Å². The molecule has 0 aromatic rings. The minimum Gasteiger partial charge on any atom is -0.229 e. The summed E-state index contributed by atoms with van der Waals surface area (Å²) < 4.78 is 21.1. The van der Waals surface area contributed by atoms with Crippen LogP contribution in [0.4, 0.5) is 0 Å². The molecule has 0 saturated carbocycles. The summed E-state index contributed by atoms with van der Waals surface area (Å²) >= 11 is 5.39. The normalized spacial score (nSPS) is 15.4. The third kappa shape index (κ3) is 6.12. The van der Waals surface area contributed by atoms with Crippen LogP contribution in [0.2, 0.25) is 0 Å². The Hall–Kier alpha value is 0.240. The van der Waals surface area contributed by atoms with Crippen molar-refractivity contribution in [2.75, 3.05) is 17.9 Å². The van der Waals surface area contributed by atoms with Crippen molar-refractivity contribution < 1.29 is 8.42 Å². The van der Waals surface area contributed by atoms with Gasteiger partial charge in [0.15, 0.2) is 0 Å². The highest BCUT2D eigenvalue weighted by Crippen LogP contribution is 2.00. The monoisotopic (exact) mass is 170 g/mol. The Kier molecular flexibility index (Phi) is 3.51. The van der Waals surface area contributed by atoms with Crippen molar-refractivity contribution in [1.82, 2.24) is 0 Å². The lowest BCUT2D eigenvalue weighted by molar-refractivity contribution is 0.589. The van der Waals surface area contributed by atoms with Crippen LogP contribution in [0.25, 0.3) is 0 Å². The van der Waals surface area contributed by atoms with Gasteiger partial charge in [-0.1, -0.05) is 6.92 Å². The van der Waals surface area contributed by atoms with E-state index in [0.29, 0.717) is 5.88 Å². The number of hydrogen-bond acceptors (Lipinski definition) is 2. The molecule has 2 nitrogen and oxygen atoms in total. The van der Waals surface area contributed by atoms with Crippen LogP contribution >= 0.6 is 11.6 Å². The largest absolute Gasteiger partial charge is 0.229 e. The van der Waals surface area contributed by atoms with Gasteiger partial charge in [0.2, 0.25) is 0 Å². The third-order valence-electron chi connectivity index (χ3n) is 0.851. The molecule has 0 N–H and O–H groups in total. The van der Waals surface area contributed by atoms with Crippen molar-refractivity contribution in [3.05, 3.63) is 0 Å². The first kappa shape index (κ1) is 9.24. The van der Waals surface area contributed by atoms with Gasteiger partial charge in [0.05, 0.1) is 5.75 Å². The molecule has 0 spiro atoms. The Morgan fingerprint density at radius 2 is 2.00 bits per heavy atom. The quantitative estimate of drug-likeness (QED) is 0.590. The minimum absolute atomic E-state index is 0.0710. The van der Waals surface area contributed by atoms with Gasteiger partial charge in [-0.15, -0.1) is 11.6 Å². The highest BCUT2D eigenvalue weighted by molar-refractivity contribution is 7.90. The molecule has 56 valence electrons. The lowest BCUT2D eigenvalue weighted by atomic mass is 10.3. The van der Waals surface area contributed by atoms with Crippen molar-refractivity contribution in [3.63, 3.8) is 0 Å². The summed E-state index contributed by atoms with van der Waals surface area (Å²) in [4.78, 5) is 0. The first-order valence-electron chi connectivity index (χ1n) is 2.69. The van der Waals surface area contributed by atoms with Crippen molar-refractivity contribution in [1.29, 1.82) is 0 Å². The van der Waals surface area contributed by atoms with Gasteiger partial charge >= 0.3 is 0 Å². The van der Waals surface area contributed by atoms with Gasteiger partial charge in [-0.25, -0.2) is 8.42 Å². The predicted octanol–water partition coefficient (Wildman–Crippen LogP) is 0.906. The summed E-state index contributed by atoms with van der Waals surface area (Å²) in [5, 5.41) is 0. The second kappa shape index (κ2) is 3.42. The second-order valence-corrected chi connectivity index (χ2v) is 4.85. The molecular formula is C5H11ClO2S. The number of halogens is 1. The topological polar surface area (TPSA) is 34.1 Å². The van der Waals surface area contributed by atoms with E-state index in [1.165, 1.54) is 6.26 Å². The second-order valence-electron chi connectivity index (χ2n) is 2.35. The molecule has 0 saturated heterocycles.